The molecule has 1 unspecified atom stereocenters. The average molecular weight is 393 g/mol. The number of carbonyl (C=O) groups is 1. The van der Waals surface area contributed by atoms with Crippen LogP contribution < -0.4 is 9.62 Å². The summed E-state index contributed by atoms with van der Waals surface area (Å²) in [5.74, 6) is -0.311. The highest BCUT2D eigenvalue weighted by molar-refractivity contribution is 7.93. The van der Waals surface area contributed by atoms with Crippen molar-refractivity contribution in [1.82, 2.24) is 5.32 Å². The number of benzene rings is 2. The van der Waals surface area contributed by atoms with Crippen molar-refractivity contribution < 1.29 is 13.2 Å². The standard InChI is InChI=1S/C19H21ClN2O3S/c1-3-13(2)21-19(23)15-8-9-16(20)18(12-15)26(24,25)22-11-10-14-6-4-5-7-17(14)22/h4-9,12-13H,3,10-11H2,1-2H3,(H,21,23). The van der Waals surface area contributed by atoms with Crippen LogP contribution in [0.2, 0.25) is 5.02 Å². The molecule has 26 heavy (non-hydrogen) atoms. The summed E-state index contributed by atoms with van der Waals surface area (Å²) in [4.78, 5) is 12.3. The molecule has 1 aliphatic rings. The lowest BCUT2D eigenvalue weighted by atomic mass is 10.2. The summed E-state index contributed by atoms with van der Waals surface area (Å²) >= 11 is 6.19. The van der Waals surface area contributed by atoms with Crippen LogP contribution in [0.3, 0.4) is 0 Å². The maximum absolute atomic E-state index is 13.2. The van der Waals surface area contributed by atoms with Gasteiger partial charge in [-0.25, -0.2) is 8.42 Å². The molecule has 3 rings (SSSR count). The molecule has 1 aliphatic heterocycles. The van der Waals surface area contributed by atoms with Crippen molar-refractivity contribution in [3.63, 3.8) is 0 Å². The molecule has 1 heterocycles. The summed E-state index contributed by atoms with van der Waals surface area (Å²) in [6.45, 7) is 4.22. The maximum Gasteiger partial charge on any atom is 0.265 e. The zero-order valence-electron chi connectivity index (χ0n) is 14.7. The second kappa shape index (κ2) is 7.29. The molecule has 7 heteroatoms. The van der Waals surface area contributed by atoms with Gasteiger partial charge in [-0.2, -0.15) is 0 Å². The Morgan fingerprint density at radius 2 is 2.00 bits per heavy atom. The van der Waals surface area contributed by atoms with Gasteiger partial charge in [-0.05, 0) is 49.6 Å². The van der Waals surface area contributed by atoms with Gasteiger partial charge in [-0.3, -0.25) is 9.10 Å². The van der Waals surface area contributed by atoms with E-state index in [1.165, 1.54) is 22.5 Å². The quantitative estimate of drug-likeness (QED) is 0.845. The summed E-state index contributed by atoms with van der Waals surface area (Å²) in [5.41, 5.74) is 1.93. The number of anilines is 1. The first-order chi connectivity index (χ1) is 12.3. The Bertz CT molecular complexity index is 944. The third-order valence-electron chi connectivity index (χ3n) is 4.60. The molecule has 0 aliphatic carbocycles. The number of carbonyl (C=O) groups excluding carboxylic acids is 1. The molecule has 1 atom stereocenters. The molecule has 2 aromatic carbocycles. The Hall–Kier alpha value is -2.05. The predicted molar refractivity (Wildman–Crippen MR) is 103 cm³/mol. The SMILES string of the molecule is CCC(C)NC(=O)c1ccc(Cl)c(S(=O)(=O)N2CCc3ccccc32)c1. The van der Waals surface area contributed by atoms with Crippen LogP contribution in [0.4, 0.5) is 5.69 Å². The molecule has 0 fully saturated rings. The summed E-state index contributed by atoms with van der Waals surface area (Å²) in [6, 6.07) is 11.8. The van der Waals surface area contributed by atoms with E-state index < -0.39 is 10.0 Å². The molecule has 0 radical (unpaired) electrons. The van der Waals surface area contributed by atoms with Gasteiger partial charge in [0.15, 0.2) is 0 Å². The first kappa shape index (κ1) is 18.7. The number of hydrogen-bond acceptors (Lipinski definition) is 3. The normalized spacial score (nSPS) is 14.8. The van der Waals surface area contributed by atoms with E-state index in [4.69, 9.17) is 11.6 Å². The number of nitrogens with zero attached hydrogens (tertiary/aromatic N) is 1. The lowest BCUT2D eigenvalue weighted by Gasteiger charge is -2.21. The fourth-order valence-electron chi connectivity index (χ4n) is 2.93. The van der Waals surface area contributed by atoms with Crippen LogP contribution in [0, 0.1) is 0 Å². The number of rotatable bonds is 5. The maximum atomic E-state index is 13.2. The van der Waals surface area contributed by atoms with Gasteiger partial charge in [0, 0.05) is 18.2 Å². The Balaban J connectivity index is 1.98. The number of hydrogen-bond donors (Lipinski definition) is 1. The molecular formula is C19H21ClN2O3S. The molecule has 138 valence electrons. The molecule has 1 N–H and O–H groups in total. The number of fused-ring (bicyclic) bond motifs is 1. The fraction of sp³-hybridized carbons (Fsp3) is 0.316. The van der Waals surface area contributed by atoms with Gasteiger partial charge < -0.3 is 5.32 Å². The second-order valence-electron chi connectivity index (χ2n) is 6.38. The second-order valence-corrected chi connectivity index (χ2v) is 8.62. The number of sulfonamides is 1. The summed E-state index contributed by atoms with van der Waals surface area (Å²) in [7, 11) is -3.85. The number of para-hydroxylation sites is 1. The zero-order chi connectivity index (χ0) is 18.9. The van der Waals surface area contributed by atoms with E-state index >= 15 is 0 Å². The number of nitrogens with one attached hydrogen (secondary N) is 1. The van der Waals surface area contributed by atoms with Crippen molar-refractivity contribution in [2.45, 2.75) is 37.6 Å². The molecule has 0 saturated heterocycles. The van der Waals surface area contributed by atoms with E-state index in [9.17, 15) is 13.2 Å². The third kappa shape index (κ3) is 3.44. The summed E-state index contributed by atoms with van der Waals surface area (Å²) < 4.78 is 27.7. The molecule has 5 nitrogen and oxygen atoms in total. The lowest BCUT2D eigenvalue weighted by molar-refractivity contribution is 0.0939. The molecule has 0 saturated carbocycles. The summed E-state index contributed by atoms with van der Waals surface area (Å²) in [6.07, 6.45) is 1.44. The Kier molecular flexibility index (Phi) is 5.25. The minimum atomic E-state index is -3.85. The molecule has 0 aromatic heterocycles. The van der Waals surface area contributed by atoms with E-state index in [-0.39, 0.29) is 27.4 Å². The Morgan fingerprint density at radius 1 is 1.27 bits per heavy atom. The topological polar surface area (TPSA) is 66.5 Å². The monoisotopic (exact) mass is 392 g/mol. The minimum absolute atomic E-state index is 0.00342. The van der Waals surface area contributed by atoms with Crippen molar-refractivity contribution >= 4 is 33.2 Å². The van der Waals surface area contributed by atoms with Crippen molar-refractivity contribution in [3.05, 3.63) is 58.6 Å². The first-order valence-corrected chi connectivity index (χ1v) is 10.4. The predicted octanol–water partition coefficient (Wildman–Crippen LogP) is 3.62. The summed E-state index contributed by atoms with van der Waals surface area (Å²) in [5, 5.41) is 2.94. The third-order valence-corrected chi connectivity index (χ3v) is 6.89. The van der Waals surface area contributed by atoms with E-state index in [2.05, 4.69) is 5.32 Å². The van der Waals surface area contributed by atoms with Gasteiger partial charge in [0.05, 0.1) is 10.7 Å². The van der Waals surface area contributed by atoms with Crippen LogP contribution in [0.15, 0.2) is 47.4 Å². The van der Waals surface area contributed by atoms with Gasteiger partial charge in [-0.15, -0.1) is 0 Å². The molecular weight excluding hydrogens is 372 g/mol. The van der Waals surface area contributed by atoms with Crippen molar-refractivity contribution in [1.29, 1.82) is 0 Å². The number of amides is 1. The van der Waals surface area contributed by atoms with Gasteiger partial charge >= 0.3 is 0 Å². The molecule has 1 amide bonds. The van der Waals surface area contributed by atoms with Crippen molar-refractivity contribution in [2.75, 3.05) is 10.8 Å². The molecule has 2 aromatic rings. The van der Waals surface area contributed by atoms with Crippen molar-refractivity contribution in [3.8, 4) is 0 Å². The fourth-order valence-corrected chi connectivity index (χ4v) is 4.93. The van der Waals surface area contributed by atoms with Crippen LogP contribution in [-0.2, 0) is 16.4 Å². The van der Waals surface area contributed by atoms with E-state index in [1.54, 1.807) is 6.07 Å². The van der Waals surface area contributed by atoms with Crippen LogP contribution in [0.1, 0.15) is 36.2 Å². The van der Waals surface area contributed by atoms with E-state index in [0.717, 1.165) is 12.0 Å². The van der Waals surface area contributed by atoms with E-state index in [0.29, 0.717) is 18.7 Å². The van der Waals surface area contributed by atoms with Crippen molar-refractivity contribution in [2.24, 2.45) is 0 Å². The largest absolute Gasteiger partial charge is 0.350 e. The van der Waals surface area contributed by atoms with Crippen LogP contribution in [0.5, 0.6) is 0 Å². The van der Waals surface area contributed by atoms with Gasteiger partial charge in [-0.1, -0.05) is 36.7 Å². The highest BCUT2D eigenvalue weighted by Crippen LogP contribution is 2.35. The molecule has 0 spiro atoms. The zero-order valence-corrected chi connectivity index (χ0v) is 16.3. The van der Waals surface area contributed by atoms with Gasteiger partial charge in [0.1, 0.15) is 4.90 Å². The molecule has 0 bridgehead atoms. The Labute approximate surface area is 159 Å². The smallest absolute Gasteiger partial charge is 0.265 e. The van der Waals surface area contributed by atoms with Crippen LogP contribution >= 0.6 is 11.6 Å². The highest BCUT2D eigenvalue weighted by atomic mass is 35.5. The first-order valence-electron chi connectivity index (χ1n) is 8.55. The Morgan fingerprint density at radius 3 is 2.73 bits per heavy atom. The van der Waals surface area contributed by atoms with Gasteiger partial charge in [0.2, 0.25) is 0 Å². The van der Waals surface area contributed by atoms with Crippen LogP contribution in [-0.4, -0.2) is 26.9 Å². The number of halogens is 1. The highest BCUT2D eigenvalue weighted by Gasteiger charge is 2.32. The van der Waals surface area contributed by atoms with E-state index in [1.807, 2.05) is 32.0 Å². The van der Waals surface area contributed by atoms with Crippen LogP contribution in [0.25, 0.3) is 0 Å². The van der Waals surface area contributed by atoms with Gasteiger partial charge in [0.25, 0.3) is 15.9 Å². The minimum Gasteiger partial charge on any atom is -0.350 e. The average Bonchev–Trinajstić information content (AvgIpc) is 3.06. The lowest BCUT2D eigenvalue weighted by Crippen LogP contribution is -2.32.